The van der Waals surface area contributed by atoms with Crippen LogP contribution in [0.5, 0.6) is 5.75 Å². The monoisotopic (exact) mass is 460 g/mol. The molecule has 156 valence electrons. The summed E-state index contributed by atoms with van der Waals surface area (Å²) >= 11 is 3.44. The Hall–Kier alpha value is -2.21. The van der Waals surface area contributed by atoms with Crippen LogP contribution in [0, 0.1) is 0 Å². The minimum atomic E-state index is -0.515. The van der Waals surface area contributed by atoms with Crippen molar-refractivity contribution in [3.63, 3.8) is 0 Å². The first-order valence-electron chi connectivity index (χ1n) is 9.91. The van der Waals surface area contributed by atoms with Crippen molar-refractivity contribution in [3.8, 4) is 5.75 Å². The Balaban J connectivity index is 1.82. The topological polar surface area (TPSA) is 60.2 Å². The van der Waals surface area contributed by atoms with E-state index in [9.17, 15) is 4.79 Å². The largest absolute Gasteiger partial charge is 0.494 e. The van der Waals surface area contributed by atoms with Gasteiger partial charge >= 0.3 is 5.97 Å². The van der Waals surface area contributed by atoms with Crippen LogP contribution >= 0.6 is 15.9 Å². The first-order valence-corrected chi connectivity index (χ1v) is 11.0. The average molecular weight is 461 g/mol. The van der Waals surface area contributed by atoms with Crippen molar-refractivity contribution in [1.29, 1.82) is 0 Å². The van der Waals surface area contributed by atoms with Gasteiger partial charge in [-0.3, -0.25) is 0 Å². The number of unbranched alkanes of at least 4 members (excludes halogenated alkanes) is 3. The van der Waals surface area contributed by atoms with Crippen LogP contribution in [0.1, 0.15) is 56.8 Å². The molecule has 0 aliphatic rings. The van der Waals surface area contributed by atoms with Crippen molar-refractivity contribution in [2.75, 3.05) is 11.9 Å². The zero-order chi connectivity index (χ0) is 21.1. The van der Waals surface area contributed by atoms with Gasteiger partial charge in [0.25, 0.3) is 0 Å². The number of ether oxygens (including phenoxy) is 2. The zero-order valence-electron chi connectivity index (χ0n) is 17.4. The molecule has 0 unspecified atom stereocenters. The lowest BCUT2D eigenvalue weighted by molar-refractivity contribution is 0.00695. The number of carbonyl (C=O) groups is 1. The molecular formula is C23H29BrN2O3. The number of rotatable bonds is 10. The van der Waals surface area contributed by atoms with Crippen molar-refractivity contribution >= 4 is 33.3 Å². The van der Waals surface area contributed by atoms with E-state index in [-0.39, 0.29) is 5.97 Å². The summed E-state index contributed by atoms with van der Waals surface area (Å²) in [5.74, 6) is 0.492. The van der Waals surface area contributed by atoms with Crippen LogP contribution in [0.25, 0.3) is 0 Å². The van der Waals surface area contributed by atoms with Gasteiger partial charge < -0.3 is 9.47 Å². The summed E-state index contributed by atoms with van der Waals surface area (Å²) in [5.41, 5.74) is 1.39. The molecule has 0 radical (unpaired) electrons. The van der Waals surface area contributed by atoms with Crippen LogP contribution in [-0.2, 0) is 4.74 Å². The molecule has 0 amide bonds. The van der Waals surface area contributed by atoms with Gasteiger partial charge in [-0.25, -0.2) is 4.79 Å². The molecule has 2 rings (SSSR count). The van der Waals surface area contributed by atoms with Crippen LogP contribution in [0.4, 0.5) is 11.4 Å². The zero-order valence-corrected chi connectivity index (χ0v) is 18.9. The van der Waals surface area contributed by atoms with Crippen LogP contribution in [0.15, 0.2) is 58.8 Å². The van der Waals surface area contributed by atoms with Crippen molar-refractivity contribution in [2.24, 2.45) is 10.2 Å². The molecule has 0 bridgehead atoms. The lowest BCUT2D eigenvalue weighted by Gasteiger charge is -2.19. The number of carbonyl (C=O) groups excluding carboxylic acids is 1. The fraction of sp³-hybridized carbons (Fsp3) is 0.435. The number of hydrogen-bond acceptors (Lipinski definition) is 5. The first kappa shape index (κ1) is 23.1. The summed E-state index contributed by atoms with van der Waals surface area (Å²) < 4.78 is 11.1. The van der Waals surface area contributed by atoms with E-state index in [2.05, 4.69) is 26.2 Å². The van der Waals surface area contributed by atoms with Crippen molar-refractivity contribution in [2.45, 2.75) is 52.1 Å². The van der Waals surface area contributed by atoms with Gasteiger partial charge in [0.2, 0.25) is 0 Å². The molecule has 6 heteroatoms. The number of benzene rings is 2. The maximum atomic E-state index is 12.0. The highest BCUT2D eigenvalue weighted by molar-refractivity contribution is 9.09. The minimum absolute atomic E-state index is 0.348. The molecular weight excluding hydrogens is 432 g/mol. The van der Waals surface area contributed by atoms with Crippen LogP contribution in [0.2, 0.25) is 0 Å². The van der Waals surface area contributed by atoms with E-state index in [1.54, 1.807) is 24.3 Å². The normalized spacial score (nSPS) is 11.6. The second-order valence-corrected chi connectivity index (χ2v) is 8.49. The van der Waals surface area contributed by atoms with Gasteiger partial charge in [0.15, 0.2) is 0 Å². The fourth-order valence-electron chi connectivity index (χ4n) is 2.47. The van der Waals surface area contributed by atoms with Crippen molar-refractivity contribution in [1.82, 2.24) is 0 Å². The molecule has 0 aromatic heterocycles. The van der Waals surface area contributed by atoms with Crippen molar-refractivity contribution in [3.05, 3.63) is 54.1 Å². The van der Waals surface area contributed by atoms with E-state index >= 15 is 0 Å². The molecule has 0 aliphatic carbocycles. The highest BCUT2D eigenvalue weighted by Crippen LogP contribution is 2.22. The number of esters is 1. The maximum Gasteiger partial charge on any atom is 0.338 e. The van der Waals surface area contributed by atoms with Gasteiger partial charge in [0.05, 0.1) is 23.5 Å². The highest BCUT2D eigenvalue weighted by atomic mass is 79.9. The molecule has 0 saturated carbocycles. The van der Waals surface area contributed by atoms with Crippen LogP contribution in [0.3, 0.4) is 0 Å². The van der Waals surface area contributed by atoms with Gasteiger partial charge in [-0.1, -0.05) is 28.8 Å². The van der Waals surface area contributed by atoms with Gasteiger partial charge in [0.1, 0.15) is 11.4 Å². The fourth-order valence-corrected chi connectivity index (χ4v) is 2.86. The van der Waals surface area contributed by atoms with E-state index in [0.29, 0.717) is 11.3 Å². The Morgan fingerprint density at radius 3 is 1.97 bits per heavy atom. The van der Waals surface area contributed by atoms with Crippen molar-refractivity contribution < 1.29 is 14.3 Å². The minimum Gasteiger partial charge on any atom is -0.494 e. The highest BCUT2D eigenvalue weighted by Gasteiger charge is 2.17. The van der Waals surface area contributed by atoms with Gasteiger partial charge in [0, 0.05) is 5.33 Å². The van der Waals surface area contributed by atoms with E-state index in [1.165, 1.54) is 19.3 Å². The second-order valence-electron chi connectivity index (χ2n) is 7.69. The molecule has 2 aromatic carbocycles. The summed E-state index contributed by atoms with van der Waals surface area (Å²) in [6, 6.07) is 14.4. The van der Waals surface area contributed by atoms with Gasteiger partial charge in [-0.15, -0.1) is 0 Å². The number of nitrogens with zero attached hydrogens (tertiary/aromatic N) is 2. The predicted octanol–water partition coefficient (Wildman–Crippen LogP) is 7.39. The second kappa shape index (κ2) is 11.7. The Morgan fingerprint density at radius 1 is 0.862 bits per heavy atom. The summed E-state index contributed by atoms with van der Waals surface area (Å²) in [6.45, 7) is 6.26. The SMILES string of the molecule is CC(C)(C)OC(=O)c1ccc(/N=N/c2ccc(OCCCCCCBr)cc2)cc1. The standard InChI is InChI=1S/C23H29BrN2O3/c1-23(2,3)29-22(27)18-8-10-19(11-9-18)25-26-20-12-14-21(15-13-20)28-17-7-5-4-6-16-24/h8-15H,4-7,16-17H2,1-3H3/b26-25+. The Labute approximate surface area is 181 Å². The molecule has 5 nitrogen and oxygen atoms in total. The lowest BCUT2D eigenvalue weighted by Crippen LogP contribution is -2.23. The molecule has 0 fully saturated rings. The molecule has 0 N–H and O–H groups in total. The third-order valence-corrected chi connectivity index (χ3v) is 4.48. The summed E-state index contributed by atoms with van der Waals surface area (Å²) in [7, 11) is 0. The van der Waals surface area contributed by atoms with E-state index in [1.807, 2.05) is 45.0 Å². The molecule has 0 saturated heterocycles. The predicted molar refractivity (Wildman–Crippen MR) is 120 cm³/mol. The maximum absolute atomic E-state index is 12.0. The van der Waals surface area contributed by atoms with E-state index < -0.39 is 5.60 Å². The number of alkyl halides is 1. The molecule has 2 aromatic rings. The summed E-state index contributed by atoms with van der Waals surface area (Å²) in [5, 5.41) is 9.51. The molecule has 0 heterocycles. The van der Waals surface area contributed by atoms with Gasteiger partial charge in [-0.2, -0.15) is 10.2 Å². The van der Waals surface area contributed by atoms with Gasteiger partial charge in [-0.05, 0) is 82.1 Å². The first-order chi connectivity index (χ1) is 13.9. The quantitative estimate of drug-likeness (QED) is 0.160. The smallest absolute Gasteiger partial charge is 0.338 e. The molecule has 29 heavy (non-hydrogen) atoms. The van der Waals surface area contributed by atoms with E-state index in [0.717, 1.165) is 29.8 Å². The third kappa shape index (κ3) is 9.22. The third-order valence-electron chi connectivity index (χ3n) is 3.92. The Kier molecular flexibility index (Phi) is 9.32. The number of hydrogen-bond donors (Lipinski definition) is 0. The summed E-state index contributed by atoms with van der Waals surface area (Å²) in [4.78, 5) is 12.0. The average Bonchev–Trinajstić information content (AvgIpc) is 2.69. The molecule has 0 aliphatic heterocycles. The number of azo groups is 1. The Morgan fingerprint density at radius 2 is 1.41 bits per heavy atom. The van der Waals surface area contributed by atoms with Crippen LogP contribution < -0.4 is 4.74 Å². The Bertz CT molecular complexity index is 781. The molecule has 0 spiro atoms. The van der Waals surface area contributed by atoms with E-state index in [4.69, 9.17) is 9.47 Å². The number of halogens is 1. The summed E-state index contributed by atoms with van der Waals surface area (Å²) in [6.07, 6.45) is 4.69. The molecule has 0 atom stereocenters. The lowest BCUT2D eigenvalue weighted by atomic mass is 10.1. The van der Waals surface area contributed by atoms with Crippen LogP contribution in [-0.4, -0.2) is 23.5 Å².